The third kappa shape index (κ3) is 5.38. The number of esters is 1. The van der Waals surface area contributed by atoms with Gasteiger partial charge in [0.25, 0.3) is 0 Å². The number of hydrogen-bond acceptors (Lipinski definition) is 4. The van der Waals surface area contributed by atoms with Crippen molar-refractivity contribution >= 4 is 23.6 Å². The Labute approximate surface area is 116 Å². The second-order valence-electron chi connectivity index (χ2n) is 3.99. The largest absolute Gasteiger partial charge is 0.467 e. The van der Waals surface area contributed by atoms with Gasteiger partial charge in [0.05, 0.1) is 13.7 Å². The minimum Gasteiger partial charge on any atom is -0.467 e. The van der Waals surface area contributed by atoms with Crippen LogP contribution in [0.15, 0.2) is 30.3 Å². The lowest BCUT2D eigenvalue weighted by Gasteiger charge is -2.12. The van der Waals surface area contributed by atoms with E-state index >= 15 is 0 Å². The second-order valence-corrected chi connectivity index (χ2v) is 3.99. The van der Waals surface area contributed by atoms with Gasteiger partial charge in [0.1, 0.15) is 6.04 Å². The zero-order chi connectivity index (χ0) is 15.0. The standard InChI is InChI=1S/C13H17N3O4/c1-9(12(18)20-2)15-11(17)8-14-13(19)16-10-6-4-3-5-7-10/h3-7,9H,8H2,1-2H3,(H,15,17)(H2,14,16,19). The highest BCUT2D eigenvalue weighted by atomic mass is 16.5. The summed E-state index contributed by atoms with van der Waals surface area (Å²) in [5, 5.41) is 7.34. The van der Waals surface area contributed by atoms with Gasteiger partial charge in [-0.25, -0.2) is 9.59 Å². The summed E-state index contributed by atoms with van der Waals surface area (Å²) in [5.41, 5.74) is 0.619. The molecule has 0 spiro atoms. The molecule has 0 fully saturated rings. The maximum absolute atomic E-state index is 11.5. The van der Waals surface area contributed by atoms with Crippen molar-refractivity contribution in [2.24, 2.45) is 0 Å². The summed E-state index contributed by atoms with van der Waals surface area (Å²) < 4.78 is 4.46. The van der Waals surface area contributed by atoms with Gasteiger partial charge in [0.15, 0.2) is 0 Å². The highest BCUT2D eigenvalue weighted by Crippen LogP contribution is 2.03. The Bertz CT molecular complexity index is 476. The molecule has 1 rings (SSSR count). The fraction of sp³-hybridized carbons (Fsp3) is 0.308. The monoisotopic (exact) mass is 279 g/mol. The number of methoxy groups -OCH3 is 1. The molecule has 7 nitrogen and oxygen atoms in total. The minimum absolute atomic E-state index is 0.236. The Hall–Kier alpha value is -2.57. The molecule has 1 aromatic carbocycles. The molecule has 20 heavy (non-hydrogen) atoms. The predicted molar refractivity (Wildman–Crippen MR) is 73.1 cm³/mol. The fourth-order valence-corrected chi connectivity index (χ4v) is 1.39. The van der Waals surface area contributed by atoms with Gasteiger partial charge in [-0.05, 0) is 19.1 Å². The highest BCUT2D eigenvalue weighted by molar-refractivity contribution is 5.93. The van der Waals surface area contributed by atoms with Gasteiger partial charge in [-0.15, -0.1) is 0 Å². The molecule has 1 aromatic rings. The Balaban J connectivity index is 2.30. The van der Waals surface area contributed by atoms with E-state index in [1.165, 1.54) is 14.0 Å². The van der Waals surface area contributed by atoms with Crippen molar-refractivity contribution < 1.29 is 19.1 Å². The summed E-state index contributed by atoms with van der Waals surface area (Å²) >= 11 is 0. The van der Waals surface area contributed by atoms with Crippen LogP contribution in [-0.4, -0.2) is 37.6 Å². The van der Waals surface area contributed by atoms with Crippen LogP contribution in [-0.2, 0) is 14.3 Å². The van der Waals surface area contributed by atoms with E-state index in [1.807, 2.05) is 6.07 Å². The molecular formula is C13H17N3O4. The van der Waals surface area contributed by atoms with Crippen LogP contribution in [0.5, 0.6) is 0 Å². The number of benzene rings is 1. The van der Waals surface area contributed by atoms with Gasteiger partial charge in [-0.3, -0.25) is 4.79 Å². The first-order chi connectivity index (χ1) is 9.52. The number of para-hydroxylation sites is 1. The molecule has 7 heteroatoms. The minimum atomic E-state index is -0.758. The summed E-state index contributed by atoms with van der Waals surface area (Å²) in [6.07, 6.45) is 0. The summed E-state index contributed by atoms with van der Waals surface area (Å²) in [4.78, 5) is 34.1. The number of anilines is 1. The molecule has 0 saturated heterocycles. The van der Waals surface area contributed by atoms with Crippen LogP contribution in [0, 0.1) is 0 Å². The zero-order valence-corrected chi connectivity index (χ0v) is 11.3. The first-order valence-corrected chi connectivity index (χ1v) is 6.00. The van der Waals surface area contributed by atoms with E-state index in [9.17, 15) is 14.4 Å². The Morgan fingerprint density at radius 2 is 1.85 bits per heavy atom. The normalized spacial score (nSPS) is 11.1. The molecule has 0 aliphatic heterocycles. The van der Waals surface area contributed by atoms with Crippen LogP contribution in [0.2, 0.25) is 0 Å². The quantitative estimate of drug-likeness (QED) is 0.683. The molecule has 3 amide bonds. The maximum Gasteiger partial charge on any atom is 0.328 e. The van der Waals surface area contributed by atoms with Crippen LogP contribution in [0.25, 0.3) is 0 Å². The van der Waals surface area contributed by atoms with Gasteiger partial charge in [0.2, 0.25) is 5.91 Å². The number of carbonyl (C=O) groups is 3. The zero-order valence-electron chi connectivity index (χ0n) is 11.3. The molecule has 0 aromatic heterocycles. The molecule has 108 valence electrons. The van der Waals surface area contributed by atoms with Gasteiger partial charge in [-0.2, -0.15) is 0 Å². The first kappa shape index (κ1) is 15.5. The maximum atomic E-state index is 11.5. The number of urea groups is 1. The van der Waals surface area contributed by atoms with Crippen molar-refractivity contribution in [2.45, 2.75) is 13.0 Å². The molecule has 0 saturated carbocycles. The summed E-state index contributed by atoms with van der Waals surface area (Å²) in [7, 11) is 1.23. The van der Waals surface area contributed by atoms with Crippen LogP contribution >= 0.6 is 0 Å². The molecule has 1 atom stereocenters. The van der Waals surface area contributed by atoms with E-state index in [2.05, 4.69) is 20.7 Å². The second kappa shape index (κ2) is 7.78. The van der Waals surface area contributed by atoms with Crippen LogP contribution in [0.1, 0.15) is 6.92 Å². The van der Waals surface area contributed by atoms with E-state index in [-0.39, 0.29) is 6.54 Å². The summed E-state index contributed by atoms with van der Waals surface area (Å²) in [6, 6.07) is 7.56. The van der Waals surface area contributed by atoms with Gasteiger partial charge >= 0.3 is 12.0 Å². The average Bonchev–Trinajstić information content (AvgIpc) is 2.45. The summed E-state index contributed by atoms with van der Waals surface area (Å²) in [5.74, 6) is -1.03. The smallest absolute Gasteiger partial charge is 0.328 e. The average molecular weight is 279 g/mol. The molecule has 0 radical (unpaired) electrons. The molecule has 0 aliphatic rings. The van der Waals surface area contributed by atoms with Crippen molar-refractivity contribution in [3.8, 4) is 0 Å². The predicted octanol–water partition coefficient (Wildman–Crippen LogP) is 0.486. The third-order valence-corrected chi connectivity index (χ3v) is 2.37. The van der Waals surface area contributed by atoms with Crippen molar-refractivity contribution in [3.63, 3.8) is 0 Å². The van der Waals surface area contributed by atoms with Crippen LogP contribution in [0.3, 0.4) is 0 Å². The summed E-state index contributed by atoms with van der Waals surface area (Å²) in [6.45, 7) is 1.26. The van der Waals surface area contributed by atoms with E-state index < -0.39 is 23.9 Å². The number of hydrogen-bond donors (Lipinski definition) is 3. The number of ether oxygens (including phenoxy) is 1. The molecule has 0 aliphatic carbocycles. The van der Waals surface area contributed by atoms with E-state index in [0.717, 1.165) is 0 Å². The number of amides is 3. The first-order valence-electron chi connectivity index (χ1n) is 6.00. The Kier molecular flexibility index (Phi) is 6.02. The molecule has 0 heterocycles. The van der Waals surface area contributed by atoms with Crippen molar-refractivity contribution in [1.82, 2.24) is 10.6 Å². The van der Waals surface area contributed by atoms with Crippen LogP contribution in [0.4, 0.5) is 10.5 Å². The van der Waals surface area contributed by atoms with Crippen molar-refractivity contribution in [2.75, 3.05) is 19.0 Å². The lowest BCUT2D eigenvalue weighted by molar-refractivity contribution is -0.144. The molecule has 0 bridgehead atoms. The topological polar surface area (TPSA) is 96.5 Å². The van der Waals surface area contributed by atoms with Gasteiger partial charge in [0, 0.05) is 5.69 Å². The highest BCUT2D eigenvalue weighted by Gasteiger charge is 2.15. The third-order valence-electron chi connectivity index (χ3n) is 2.37. The molecular weight excluding hydrogens is 262 g/mol. The van der Waals surface area contributed by atoms with Gasteiger partial charge in [-0.1, -0.05) is 18.2 Å². The van der Waals surface area contributed by atoms with E-state index in [4.69, 9.17) is 0 Å². The van der Waals surface area contributed by atoms with Crippen molar-refractivity contribution in [1.29, 1.82) is 0 Å². The van der Waals surface area contributed by atoms with Gasteiger partial charge < -0.3 is 20.7 Å². The molecule has 3 N–H and O–H groups in total. The number of nitrogens with one attached hydrogen (secondary N) is 3. The Morgan fingerprint density at radius 3 is 2.45 bits per heavy atom. The lowest BCUT2D eigenvalue weighted by atomic mass is 10.3. The van der Waals surface area contributed by atoms with E-state index in [0.29, 0.717) is 5.69 Å². The SMILES string of the molecule is COC(=O)C(C)NC(=O)CNC(=O)Nc1ccccc1. The number of carbonyl (C=O) groups excluding carboxylic acids is 3. The van der Waals surface area contributed by atoms with Crippen LogP contribution < -0.4 is 16.0 Å². The van der Waals surface area contributed by atoms with E-state index in [1.54, 1.807) is 24.3 Å². The molecule has 1 unspecified atom stereocenters. The van der Waals surface area contributed by atoms with Crippen molar-refractivity contribution in [3.05, 3.63) is 30.3 Å². The number of rotatable bonds is 5. The lowest BCUT2D eigenvalue weighted by Crippen LogP contribution is -2.45. The fourth-order valence-electron chi connectivity index (χ4n) is 1.39. The Morgan fingerprint density at radius 1 is 1.20 bits per heavy atom.